The van der Waals surface area contributed by atoms with E-state index in [9.17, 15) is 4.79 Å². The molecule has 2 nitrogen and oxygen atoms in total. The quantitative estimate of drug-likeness (QED) is 0.465. The maximum Gasteiger partial charge on any atom is 0.176 e. The van der Waals surface area contributed by atoms with Crippen LogP contribution in [-0.2, 0) is 0 Å². The summed E-state index contributed by atoms with van der Waals surface area (Å²) in [4.78, 5) is 11.5. The predicted molar refractivity (Wildman–Crippen MR) is 68.4 cm³/mol. The highest BCUT2D eigenvalue weighted by atomic mass is 127. The number of hydrogen-bond acceptors (Lipinski definition) is 2. The van der Waals surface area contributed by atoms with Crippen LogP contribution in [-0.4, -0.2) is 17.7 Å². The molecular weight excluding hydrogens is 359 g/mol. The Bertz CT molecular complexity index is 350. The van der Waals surface area contributed by atoms with E-state index in [0.29, 0.717) is 5.56 Å². The van der Waals surface area contributed by atoms with E-state index in [1.807, 2.05) is 19.1 Å². The van der Waals surface area contributed by atoms with Crippen LogP contribution in [0.25, 0.3) is 0 Å². The Morgan fingerprint density at radius 1 is 1.57 bits per heavy atom. The van der Waals surface area contributed by atoms with Crippen molar-refractivity contribution in [1.29, 1.82) is 0 Å². The molecule has 1 aromatic rings. The second kappa shape index (κ2) is 5.11. The minimum absolute atomic E-state index is 0.0692. The lowest BCUT2D eigenvalue weighted by molar-refractivity contribution is 0.0995. The van der Waals surface area contributed by atoms with Crippen molar-refractivity contribution in [3.05, 3.63) is 27.3 Å². The Kier molecular flexibility index (Phi) is 4.37. The Hall–Kier alpha value is -0.100. The Labute approximate surface area is 105 Å². The Balaban J connectivity index is 3.06. The van der Waals surface area contributed by atoms with Gasteiger partial charge in [0.25, 0.3) is 0 Å². The maximum atomic E-state index is 11.6. The number of benzene rings is 1. The van der Waals surface area contributed by atoms with Crippen LogP contribution in [0.1, 0.15) is 17.3 Å². The highest BCUT2D eigenvalue weighted by Crippen LogP contribution is 2.23. The van der Waals surface area contributed by atoms with Crippen molar-refractivity contribution in [2.75, 3.05) is 7.11 Å². The van der Waals surface area contributed by atoms with Crippen LogP contribution in [0, 0.1) is 3.57 Å². The lowest BCUT2D eigenvalue weighted by Crippen LogP contribution is -2.10. The molecule has 0 heterocycles. The third-order valence-electron chi connectivity index (χ3n) is 1.80. The van der Waals surface area contributed by atoms with Gasteiger partial charge in [-0.25, -0.2) is 0 Å². The smallest absolute Gasteiger partial charge is 0.176 e. The van der Waals surface area contributed by atoms with Crippen LogP contribution in [0.15, 0.2) is 18.2 Å². The average Bonchev–Trinajstić information content (AvgIpc) is 2.17. The lowest BCUT2D eigenvalue weighted by atomic mass is 10.1. The van der Waals surface area contributed by atoms with E-state index in [1.54, 1.807) is 13.2 Å². The third-order valence-corrected chi connectivity index (χ3v) is 3.10. The number of carbonyl (C=O) groups is 1. The summed E-state index contributed by atoms with van der Waals surface area (Å²) in [7, 11) is 1.60. The van der Waals surface area contributed by atoms with Gasteiger partial charge in [-0.2, -0.15) is 0 Å². The number of alkyl halides is 1. The number of Topliss-reactive ketones (excluding diaryl/α,β-unsaturated/α-hetero) is 1. The zero-order valence-electron chi connectivity index (χ0n) is 7.88. The predicted octanol–water partition coefficient (Wildman–Crippen LogP) is 3.27. The minimum atomic E-state index is -0.160. The summed E-state index contributed by atoms with van der Waals surface area (Å²) in [5, 5.41) is 0. The molecule has 4 heteroatoms. The molecule has 0 aliphatic heterocycles. The number of halogens is 2. The zero-order valence-corrected chi connectivity index (χ0v) is 11.6. The minimum Gasteiger partial charge on any atom is -0.496 e. The van der Waals surface area contributed by atoms with E-state index in [2.05, 4.69) is 38.5 Å². The van der Waals surface area contributed by atoms with Crippen molar-refractivity contribution in [2.45, 2.75) is 11.8 Å². The molecule has 1 unspecified atom stereocenters. The van der Waals surface area contributed by atoms with Gasteiger partial charge in [-0.1, -0.05) is 22.0 Å². The second-order valence-electron chi connectivity index (χ2n) is 2.83. The largest absolute Gasteiger partial charge is 0.496 e. The van der Waals surface area contributed by atoms with E-state index in [0.717, 1.165) is 9.32 Å². The molecule has 0 saturated heterocycles. The molecule has 0 spiro atoms. The topological polar surface area (TPSA) is 26.3 Å². The fourth-order valence-electron chi connectivity index (χ4n) is 1.04. The van der Waals surface area contributed by atoms with Gasteiger partial charge in [-0.3, -0.25) is 4.79 Å². The molecule has 0 aromatic heterocycles. The molecule has 0 N–H and O–H groups in total. The molecule has 1 rings (SSSR count). The van der Waals surface area contributed by atoms with Gasteiger partial charge < -0.3 is 4.74 Å². The third kappa shape index (κ3) is 2.70. The highest BCUT2D eigenvalue weighted by molar-refractivity contribution is 14.1. The van der Waals surface area contributed by atoms with Crippen molar-refractivity contribution < 1.29 is 9.53 Å². The first-order chi connectivity index (χ1) is 6.56. The Morgan fingerprint density at radius 2 is 2.21 bits per heavy atom. The van der Waals surface area contributed by atoms with E-state index in [4.69, 9.17) is 4.74 Å². The SMILES string of the molecule is COc1cc(C(=O)C(C)Br)ccc1I. The monoisotopic (exact) mass is 368 g/mol. The first-order valence-corrected chi connectivity index (χ1v) is 6.07. The standard InChI is InChI=1S/C10H10BrIO2/c1-6(11)10(13)7-3-4-8(12)9(5-7)14-2/h3-6H,1-2H3. The normalized spacial score (nSPS) is 12.3. The van der Waals surface area contributed by atoms with Gasteiger partial charge in [0.1, 0.15) is 5.75 Å². The number of hydrogen-bond donors (Lipinski definition) is 0. The molecule has 0 amide bonds. The summed E-state index contributed by atoms with van der Waals surface area (Å²) in [5.41, 5.74) is 0.673. The number of methoxy groups -OCH3 is 1. The van der Waals surface area contributed by atoms with Crippen LogP contribution >= 0.6 is 38.5 Å². The molecule has 0 aliphatic rings. The number of ether oxygens (including phenoxy) is 1. The van der Waals surface area contributed by atoms with Crippen LogP contribution in [0.3, 0.4) is 0 Å². The van der Waals surface area contributed by atoms with Crippen molar-refractivity contribution in [1.82, 2.24) is 0 Å². The molecule has 1 aromatic carbocycles. The van der Waals surface area contributed by atoms with E-state index >= 15 is 0 Å². The molecule has 1 atom stereocenters. The fourth-order valence-corrected chi connectivity index (χ4v) is 1.86. The van der Waals surface area contributed by atoms with Gasteiger partial charge in [-0.15, -0.1) is 0 Å². The highest BCUT2D eigenvalue weighted by Gasteiger charge is 2.13. The van der Waals surface area contributed by atoms with Crippen LogP contribution in [0.5, 0.6) is 5.75 Å². The Morgan fingerprint density at radius 3 is 2.71 bits per heavy atom. The van der Waals surface area contributed by atoms with Gasteiger partial charge >= 0.3 is 0 Å². The lowest BCUT2D eigenvalue weighted by Gasteiger charge is -2.07. The van der Waals surface area contributed by atoms with Crippen LogP contribution in [0.2, 0.25) is 0 Å². The summed E-state index contributed by atoms with van der Waals surface area (Å²) in [6, 6.07) is 5.45. The summed E-state index contributed by atoms with van der Waals surface area (Å²) in [5.74, 6) is 0.810. The second-order valence-corrected chi connectivity index (χ2v) is 5.37. The molecule has 0 bridgehead atoms. The average molecular weight is 369 g/mol. The van der Waals surface area contributed by atoms with E-state index in [1.165, 1.54) is 0 Å². The summed E-state index contributed by atoms with van der Waals surface area (Å²) >= 11 is 5.42. The molecule has 14 heavy (non-hydrogen) atoms. The fraction of sp³-hybridized carbons (Fsp3) is 0.300. The van der Waals surface area contributed by atoms with E-state index < -0.39 is 0 Å². The van der Waals surface area contributed by atoms with Crippen molar-refractivity contribution in [2.24, 2.45) is 0 Å². The first-order valence-electron chi connectivity index (χ1n) is 4.08. The summed E-state index contributed by atoms with van der Waals surface area (Å²) in [6.45, 7) is 1.81. The number of ketones is 1. The van der Waals surface area contributed by atoms with Crippen LogP contribution < -0.4 is 4.74 Å². The molecule has 76 valence electrons. The summed E-state index contributed by atoms with van der Waals surface area (Å²) in [6.07, 6.45) is 0. The molecule has 0 saturated carbocycles. The first kappa shape index (κ1) is 12.0. The zero-order chi connectivity index (χ0) is 10.7. The molecular formula is C10H10BrIO2. The van der Waals surface area contributed by atoms with Gasteiger partial charge in [0.15, 0.2) is 5.78 Å². The molecule has 0 aliphatic carbocycles. The maximum absolute atomic E-state index is 11.6. The molecule has 0 radical (unpaired) electrons. The van der Waals surface area contributed by atoms with Crippen molar-refractivity contribution >= 4 is 44.3 Å². The van der Waals surface area contributed by atoms with Gasteiger partial charge in [0, 0.05) is 5.56 Å². The molecule has 0 fully saturated rings. The van der Waals surface area contributed by atoms with Crippen molar-refractivity contribution in [3.63, 3.8) is 0 Å². The van der Waals surface area contributed by atoms with Crippen molar-refractivity contribution in [3.8, 4) is 5.75 Å². The number of rotatable bonds is 3. The number of carbonyl (C=O) groups excluding carboxylic acids is 1. The van der Waals surface area contributed by atoms with E-state index in [-0.39, 0.29) is 10.6 Å². The van der Waals surface area contributed by atoms with Gasteiger partial charge in [0.2, 0.25) is 0 Å². The van der Waals surface area contributed by atoms with Crippen LogP contribution in [0.4, 0.5) is 0 Å². The van der Waals surface area contributed by atoms with Gasteiger partial charge in [0.05, 0.1) is 15.5 Å². The van der Waals surface area contributed by atoms with Gasteiger partial charge in [-0.05, 0) is 41.6 Å². The summed E-state index contributed by atoms with van der Waals surface area (Å²) < 4.78 is 6.14.